The lowest BCUT2D eigenvalue weighted by molar-refractivity contribution is -0.0504. The molecule has 0 bridgehead atoms. The van der Waals surface area contributed by atoms with E-state index in [1.807, 2.05) is 0 Å². The van der Waals surface area contributed by atoms with E-state index >= 15 is 0 Å². The van der Waals surface area contributed by atoms with Crippen LogP contribution in [0.5, 0.6) is 11.5 Å². The van der Waals surface area contributed by atoms with Crippen LogP contribution in [0.25, 0.3) is 0 Å². The Kier molecular flexibility index (Phi) is 8.27. The first kappa shape index (κ1) is 22.3. The number of hydrogen-bond acceptors (Lipinski definition) is 5. The number of aliphatic imine (C=N–C) groups is 1. The first-order valence-electron chi connectivity index (χ1n) is 9.94. The van der Waals surface area contributed by atoms with E-state index in [0.29, 0.717) is 23.8 Å². The smallest absolute Gasteiger partial charge is 0.387 e. The van der Waals surface area contributed by atoms with Gasteiger partial charge in [0.25, 0.3) is 0 Å². The molecule has 9 heteroatoms. The largest absolute Gasteiger partial charge is 0.497 e. The van der Waals surface area contributed by atoms with Crippen LogP contribution in [0, 0.1) is 0 Å². The van der Waals surface area contributed by atoms with Gasteiger partial charge in [-0.05, 0) is 55.6 Å². The Morgan fingerprint density at radius 2 is 2.03 bits per heavy atom. The molecule has 0 spiro atoms. The molecule has 0 saturated carbocycles. The van der Waals surface area contributed by atoms with E-state index in [1.54, 1.807) is 30.5 Å². The number of rotatable bonds is 9. The molecule has 0 radical (unpaired) electrons. The van der Waals surface area contributed by atoms with E-state index in [-0.39, 0.29) is 18.3 Å². The molecule has 30 heavy (non-hydrogen) atoms. The Labute approximate surface area is 179 Å². The third-order valence-electron chi connectivity index (χ3n) is 5.07. The fraction of sp³-hybridized carbons (Fsp3) is 0.476. The van der Waals surface area contributed by atoms with Gasteiger partial charge >= 0.3 is 6.61 Å². The molecule has 3 rings (SSSR count). The van der Waals surface area contributed by atoms with Crippen LogP contribution in [0.1, 0.15) is 29.3 Å². The summed E-state index contributed by atoms with van der Waals surface area (Å²) in [6.45, 7) is 0.273. The summed E-state index contributed by atoms with van der Waals surface area (Å²) in [4.78, 5) is 8.08. The molecule has 1 aromatic carbocycles. The predicted octanol–water partition coefficient (Wildman–Crippen LogP) is 3.86. The van der Waals surface area contributed by atoms with Crippen molar-refractivity contribution >= 4 is 17.3 Å². The van der Waals surface area contributed by atoms with Gasteiger partial charge in [-0.25, -0.2) is 0 Å². The Morgan fingerprint density at radius 3 is 2.67 bits per heavy atom. The zero-order chi connectivity index (χ0) is 21.3. The molecular formula is C21H28F2N4O2S. The second-order valence-electron chi connectivity index (χ2n) is 6.93. The average molecular weight is 439 g/mol. The highest BCUT2D eigenvalue weighted by atomic mass is 32.1. The van der Waals surface area contributed by atoms with E-state index in [4.69, 9.17) is 4.74 Å². The van der Waals surface area contributed by atoms with Crippen LogP contribution in [0.3, 0.4) is 0 Å². The number of thiophene rings is 1. The topological polar surface area (TPSA) is 58.1 Å². The quantitative estimate of drug-likeness (QED) is 0.460. The lowest BCUT2D eigenvalue weighted by Crippen LogP contribution is -2.42. The number of ether oxygens (including phenoxy) is 2. The maximum Gasteiger partial charge on any atom is 0.387 e. The molecule has 1 atom stereocenters. The van der Waals surface area contributed by atoms with Crippen LogP contribution in [-0.4, -0.2) is 51.3 Å². The molecule has 1 fully saturated rings. The minimum absolute atomic E-state index is 0.113. The van der Waals surface area contributed by atoms with Crippen molar-refractivity contribution < 1.29 is 18.3 Å². The molecule has 1 unspecified atom stereocenters. The van der Waals surface area contributed by atoms with Crippen LogP contribution < -0.4 is 20.1 Å². The second-order valence-corrected chi connectivity index (χ2v) is 7.91. The molecule has 1 aliphatic heterocycles. The molecule has 6 nitrogen and oxygen atoms in total. The Morgan fingerprint density at radius 1 is 1.23 bits per heavy atom. The van der Waals surface area contributed by atoms with Gasteiger partial charge in [-0.1, -0.05) is 6.07 Å². The summed E-state index contributed by atoms with van der Waals surface area (Å²) in [5.74, 6) is 1.28. The van der Waals surface area contributed by atoms with Gasteiger partial charge in [-0.15, -0.1) is 11.3 Å². The summed E-state index contributed by atoms with van der Waals surface area (Å²) < 4.78 is 35.3. The molecule has 2 aromatic rings. The number of alkyl halides is 2. The molecule has 1 aliphatic rings. The number of benzene rings is 1. The predicted molar refractivity (Wildman–Crippen MR) is 116 cm³/mol. The highest BCUT2D eigenvalue weighted by Gasteiger charge is 2.24. The van der Waals surface area contributed by atoms with Crippen LogP contribution in [0.15, 0.2) is 40.7 Å². The standard InChI is InChI=1S/C21H28F2N4O2S/c1-24-21(25-13-15-12-16(28-2)7-8-18(15)29-20(22)23)26-14-17(19-6-5-11-30-19)27-9-3-4-10-27/h5-8,11-12,17,20H,3-4,9-10,13-14H2,1-2H3,(H2,24,25,26). The SMILES string of the molecule is CN=C(NCc1cc(OC)ccc1OC(F)F)NCC(c1cccs1)N1CCCC1. The number of hydrogen-bond donors (Lipinski definition) is 2. The van der Waals surface area contributed by atoms with Crippen molar-refractivity contribution in [3.8, 4) is 11.5 Å². The minimum Gasteiger partial charge on any atom is -0.497 e. The Hall–Kier alpha value is -2.39. The zero-order valence-electron chi connectivity index (χ0n) is 17.2. The van der Waals surface area contributed by atoms with Crippen molar-refractivity contribution in [2.75, 3.05) is 33.8 Å². The number of nitrogens with zero attached hydrogens (tertiary/aromatic N) is 2. The maximum atomic E-state index is 12.7. The van der Waals surface area contributed by atoms with Crippen molar-refractivity contribution in [1.82, 2.24) is 15.5 Å². The first-order valence-corrected chi connectivity index (χ1v) is 10.8. The second kappa shape index (κ2) is 11.1. The Balaban J connectivity index is 1.63. The van der Waals surface area contributed by atoms with E-state index in [1.165, 1.54) is 30.9 Å². The van der Waals surface area contributed by atoms with Crippen molar-refractivity contribution in [2.45, 2.75) is 32.0 Å². The normalized spacial score (nSPS) is 16.0. The van der Waals surface area contributed by atoms with Gasteiger partial charge in [-0.3, -0.25) is 9.89 Å². The van der Waals surface area contributed by atoms with E-state index < -0.39 is 6.61 Å². The van der Waals surface area contributed by atoms with Crippen molar-refractivity contribution in [3.05, 3.63) is 46.2 Å². The summed E-state index contributed by atoms with van der Waals surface area (Å²) in [6, 6.07) is 9.27. The molecule has 0 aliphatic carbocycles. The van der Waals surface area contributed by atoms with Gasteiger partial charge in [0.15, 0.2) is 5.96 Å². The molecular weight excluding hydrogens is 410 g/mol. The van der Waals surface area contributed by atoms with E-state index in [2.05, 4.69) is 42.8 Å². The van der Waals surface area contributed by atoms with Crippen LogP contribution in [-0.2, 0) is 6.54 Å². The molecule has 164 valence electrons. The van der Waals surface area contributed by atoms with Crippen molar-refractivity contribution in [1.29, 1.82) is 0 Å². The number of guanidine groups is 1. The van der Waals surface area contributed by atoms with Gasteiger partial charge < -0.3 is 20.1 Å². The van der Waals surface area contributed by atoms with Crippen LogP contribution in [0.2, 0.25) is 0 Å². The van der Waals surface area contributed by atoms with Crippen LogP contribution in [0.4, 0.5) is 8.78 Å². The molecule has 1 saturated heterocycles. The third-order valence-corrected chi connectivity index (χ3v) is 6.04. The highest BCUT2D eigenvalue weighted by Crippen LogP contribution is 2.28. The van der Waals surface area contributed by atoms with Gasteiger partial charge in [0, 0.05) is 30.6 Å². The van der Waals surface area contributed by atoms with Crippen LogP contribution >= 0.6 is 11.3 Å². The average Bonchev–Trinajstić information content (AvgIpc) is 3.46. The molecule has 0 amide bonds. The molecule has 2 N–H and O–H groups in total. The van der Waals surface area contributed by atoms with Gasteiger partial charge in [0.05, 0.1) is 13.2 Å². The van der Waals surface area contributed by atoms with E-state index in [0.717, 1.165) is 13.1 Å². The fourth-order valence-electron chi connectivity index (χ4n) is 3.57. The van der Waals surface area contributed by atoms with Gasteiger partial charge in [-0.2, -0.15) is 8.78 Å². The first-order chi connectivity index (χ1) is 14.6. The lowest BCUT2D eigenvalue weighted by Gasteiger charge is -2.27. The summed E-state index contributed by atoms with van der Waals surface area (Å²) in [6.07, 6.45) is 2.44. The Bertz CT molecular complexity index is 811. The number of methoxy groups -OCH3 is 1. The number of nitrogens with one attached hydrogen (secondary N) is 2. The fourth-order valence-corrected chi connectivity index (χ4v) is 4.43. The summed E-state index contributed by atoms with van der Waals surface area (Å²) >= 11 is 1.76. The summed E-state index contributed by atoms with van der Waals surface area (Å²) in [7, 11) is 3.22. The lowest BCUT2D eigenvalue weighted by atomic mass is 10.2. The highest BCUT2D eigenvalue weighted by molar-refractivity contribution is 7.10. The van der Waals surface area contributed by atoms with Crippen molar-refractivity contribution in [2.24, 2.45) is 4.99 Å². The number of likely N-dealkylation sites (tertiary alicyclic amines) is 1. The monoisotopic (exact) mass is 438 g/mol. The third kappa shape index (κ3) is 6.06. The molecule has 2 heterocycles. The van der Waals surface area contributed by atoms with E-state index in [9.17, 15) is 8.78 Å². The number of halogens is 2. The van der Waals surface area contributed by atoms with Crippen molar-refractivity contribution in [3.63, 3.8) is 0 Å². The molecule has 1 aromatic heterocycles. The maximum absolute atomic E-state index is 12.7. The summed E-state index contributed by atoms with van der Waals surface area (Å²) in [5, 5.41) is 8.66. The van der Waals surface area contributed by atoms with Gasteiger partial charge in [0.2, 0.25) is 0 Å². The van der Waals surface area contributed by atoms with Gasteiger partial charge in [0.1, 0.15) is 11.5 Å². The minimum atomic E-state index is -2.89. The zero-order valence-corrected chi connectivity index (χ0v) is 18.1. The summed E-state index contributed by atoms with van der Waals surface area (Å²) in [5.41, 5.74) is 0.562.